The Kier molecular flexibility index (Phi) is 5.09. The summed E-state index contributed by atoms with van der Waals surface area (Å²) in [6.07, 6.45) is 4.58. The molecular weight excluding hydrogens is 192 g/mol. The van der Waals surface area contributed by atoms with Gasteiger partial charge in [0.1, 0.15) is 0 Å². The third-order valence-corrected chi connectivity index (χ3v) is 3.43. The van der Waals surface area contributed by atoms with Crippen molar-refractivity contribution in [1.82, 2.24) is 0 Å². The van der Waals surface area contributed by atoms with Gasteiger partial charge < -0.3 is 9.84 Å². The van der Waals surface area contributed by atoms with Crippen molar-refractivity contribution in [2.75, 3.05) is 6.61 Å². The van der Waals surface area contributed by atoms with Gasteiger partial charge in [-0.2, -0.15) is 0 Å². The number of ether oxygens (including phenoxy) is 1. The molecule has 3 atom stereocenters. The first-order valence-corrected chi connectivity index (χ1v) is 6.05. The van der Waals surface area contributed by atoms with Crippen LogP contribution in [-0.2, 0) is 9.53 Å². The molecule has 3 heteroatoms. The van der Waals surface area contributed by atoms with Crippen LogP contribution in [0.2, 0.25) is 0 Å². The van der Waals surface area contributed by atoms with Gasteiger partial charge in [0.25, 0.3) is 0 Å². The van der Waals surface area contributed by atoms with Crippen LogP contribution in [0.1, 0.15) is 46.0 Å². The zero-order chi connectivity index (χ0) is 11.3. The van der Waals surface area contributed by atoms with E-state index >= 15 is 0 Å². The zero-order valence-electron chi connectivity index (χ0n) is 9.74. The molecule has 1 N–H and O–H groups in total. The highest BCUT2D eigenvalue weighted by Gasteiger charge is 2.34. The molecule has 15 heavy (non-hydrogen) atoms. The normalized spacial score (nSPS) is 28.5. The number of aliphatic hydroxyl groups excluding tert-OH is 1. The highest BCUT2D eigenvalue weighted by molar-refractivity contribution is 5.74. The summed E-state index contributed by atoms with van der Waals surface area (Å²) in [4.78, 5) is 11.4. The van der Waals surface area contributed by atoms with Gasteiger partial charge in [0, 0.05) is 0 Å². The summed E-state index contributed by atoms with van der Waals surface area (Å²) in [6, 6.07) is 0. The van der Waals surface area contributed by atoms with Crippen molar-refractivity contribution in [3.05, 3.63) is 0 Å². The van der Waals surface area contributed by atoms with E-state index < -0.39 is 12.1 Å². The molecule has 1 aliphatic carbocycles. The predicted octanol–water partition coefficient (Wildman–Crippen LogP) is 2.13. The second kappa shape index (κ2) is 6.11. The molecule has 1 aliphatic rings. The van der Waals surface area contributed by atoms with Crippen LogP contribution in [0.5, 0.6) is 0 Å². The molecule has 1 saturated carbocycles. The highest BCUT2D eigenvalue weighted by atomic mass is 16.5. The molecule has 1 fully saturated rings. The van der Waals surface area contributed by atoms with Crippen molar-refractivity contribution < 1.29 is 14.6 Å². The molecule has 0 aromatic carbocycles. The second-order valence-electron chi connectivity index (χ2n) is 4.31. The molecule has 0 radical (unpaired) electrons. The second-order valence-corrected chi connectivity index (χ2v) is 4.31. The van der Waals surface area contributed by atoms with Crippen molar-refractivity contribution in [1.29, 1.82) is 0 Å². The monoisotopic (exact) mass is 214 g/mol. The third-order valence-electron chi connectivity index (χ3n) is 3.43. The van der Waals surface area contributed by atoms with Crippen LogP contribution in [0.25, 0.3) is 0 Å². The lowest BCUT2D eigenvalue weighted by Crippen LogP contribution is -2.37. The van der Waals surface area contributed by atoms with E-state index in [9.17, 15) is 9.90 Å². The Hall–Kier alpha value is -0.570. The van der Waals surface area contributed by atoms with Crippen LogP contribution in [0.3, 0.4) is 0 Å². The molecule has 3 unspecified atom stereocenters. The summed E-state index contributed by atoms with van der Waals surface area (Å²) in [6.45, 7) is 4.24. The minimum Gasteiger partial charge on any atom is -0.464 e. The topological polar surface area (TPSA) is 46.5 Å². The van der Waals surface area contributed by atoms with Gasteiger partial charge in [-0.15, -0.1) is 0 Å². The van der Waals surface area contributed by atoms with Gasteiger partial charge in [-0.1, -0.05) is 32.6 Å². The standard InChI is InChI=1S/C12H22O3/c1-3-9-7-5-6-8-10(9)11(13)12(14)15-4-2/h9-11,13H,3-8H2,1-2H3. The molecule has 0 spiro atoms. The van der Waals surface area contributed by atoms with E-state index in [0.29, 0.717) is 12.5 Å². The van der Waals surface area contributed by atoms with Crippen LogP contribution in [0.15, 0.2) is 0 Å². The molecule has 0 heterocycles. The van der Waals surface area contributed by atoms with Gasteiger partial charge in [-0.05, 0) is 25.2 Å². The van der Waals surface area contributed by atoms with E-state index in [1.807, 2.05) is 0 Å². The molecule has 0 aromatic heterocycles. The molecule has 0 amide bonds. The maximum absolute atomic E-state index is 11.4. The average Bonchev–Trinajstić information content (AvgIpc) is 2.28. The quantitative estimate of drug-likeness (QED) is 0.729. The number of aliphatic hydroxyl groups is 1. The summed E-state index contributed by atoms with van der Waals surface area (Å²) in [5, 5.41) is 9.90. The van der Waals surface area contributed by atoms with E-state index in [2.05, 4.69) is 6.92 Å². The third kappa shape index (κ3) is 3.20. The largest absolute Gasteiger partial charge is 0.464 e. The van der Waals surface area contributed by atoms with Crippen molar-refractivity contribution in [3.63, 3.8) is 0 Å². The van der Waals surface area contributed by atoms with Gasteiger partial charge in [0.05, 0.1) is 6.61 Å². The Balaban J connectivity index is 2.54. The zero-order valence-corrected chi connectivity index (χ0v) is 9.74. The van der Waals surface area contributed by atoms with Crippen LogP contribution >= 0.6 is 0 Å². The number of carbonyl (C=O) groups is 1. The Morgan fingerprint density at radius 3 is 2.67 bits per heavy atom. The molecule has 3 nitrogen and oxygen atoms in total. The average molecular weight is 214 g/mol. The van der Waals surface area contributed by atoms with Gasteiger partial charge >= 0.3 is 5.97 Å². The van der Waals surface area contributed by atoms with Crippen LogP contribution in [0, 0.1) is 11.8 Å². The van der Waals surface area contributed by atoms with Gasteiger partial charge in [-0.3, -0.25) is 0 Å². The van der Waals surface area contributed by atoms with E-state index in [0.717, 1.165) is 25.7 Å². The summed E-state index contributed by atoms with van der Waals surface area (Å²) in [5.74, 6) is 0.156. The lowest BCUT2D eigenvalue weighted by atomic mass is 9.75. The van der Waals surface area contributed by atoms with Crippen molar-refractivity contribution in [2.24, 2.45) is 11.8 Å². The lowest BCUT2D eigenvalue weighted by Gasteiger charge is -2.33. The number of esters is 1. The van der Waals surface area contributed by atoms with Gasteiger partial charge in [0.15, 0.2) is 6.10 Å². The molecular formula is C12H22O3. The fraction of sp³-hybridized carbons (Fsp3) is 0.917. The number of carbonyl (C=O) groups excluding carboxylic acids is 1. The van der Waals surface area contributed by atoms with E-state index in [1.165, 1.54) is 6.42 Å². The Bertz CT molecular complexity index is 203. The molecule has 88 valence electrons. The maximum Gasteiger partial charge on any atom is 0.335 e. The van der Waals surface area contributed by atoms with Crippen molar-refractivity contribution >= 4 is 5.97 Å². The number of rotatable bonds is 4. The fourth-order valence-electron chi connectivity index (χ4n) is 2.56. The summed E-state index contributed by atoms with van der Waals surface area (Å²) in [5.41, 5.74) is 0. The smallest absolute Gasteiger partial charge is 0.335 e. The first-order chi connectivity index (χ1) is 7.20. The molecule has 0 bridgehead atoms. The van der Waals surface area contributed by atoms with E-state index in [1.54, 1.807) is 6.92 Å². The number of hydrogen-bond acceptors (Lipinski definition) is 3. The van der Waals surface area contributed by atoms with Crippen molar-refractivity contribution in [2.45, 2.75) is 52.1 Å². The summed E-state index contributed by atoms with van der Waals surface area (Å²) >= 11 is 0. The van der Waals surface area contributed by atoms with E-state index in [4.69, 9.17) is 4.74 Å². The highest BCUT2D eigenvalue weighted by Crippen LogP contribution is 2.34. The first-order valence-electron chi connectivity index (χ1n) is 6.05. The minimum atomic E-state index is -0.907. The van der Waals surface area contributed by atoms with Crippen LogP contribution in [-0.4, -0.2) is 23.8 Å². The minimum absolute atomic E-state index is 0.114. The first kappa shape index (κ1) is 12.5. The predicted molar refractivity (Wildman–Crippen MR) is 58.4 cm³/mol. The molecule has 0 saturated heterocycles. The molecule has 1 rings (SSSR count). The summed E-state index contributed by atoms with van der Waals surface area (Å²) < 4.78 is 4.86. The van der Waals surface area contributed by atoms with Gasteiger partial charge in [-0.25, -0.2) is 4.79 Å². The van der Waals surface area contributed by atoms with Crippen LogP contribution < -0.4 is 0 Å². The Labute approximate surface area is 91.8 Å². The Morgan fingerprint density at radius 1 is 1.40 bits per heavy atom. The maximum atomic E-state index is 11.4. The molecule has 0 aliphatic heterocycles. The fourth-order valence-corrected chi connectivity index (χ4v) is 2.56. The SMILES string of the molecule is CCOC(=O)C(O)C1CCCCC1CC. The Morgan fingerprint density at radius 2 is 2.07 bits per heavy atom. The molecule has 0 aromatic rings. The van der Waals surface area contributed by atoms with E-state index in [-0.39, 0.29) is 5.92 Å². The van der Waals surface area contributed by atoms with Crippen molar-refractivity contribution in [3.8, 4) is 0 Å². The van der Waals surface area contributed by atoms with Gasteiger partial charge in [0.2, 0.25) is 0 Å². The lowest BCUT2D eigenvalue weighted by molar-refractivity contribution is -0.158. The number of hydrogen-bond donors (Lipinski definition) is 1. The summed E-state index contributed by atoms with van der Waals surface area (Å²) in [7, 11) is 0. The van der Waals surface area contributed by atoms with Crippen LogP contribution in [0.4, 0.5) is 0 Å².